The summed E-state index contributed by atoms with van der Waals surface area (Å²) in [7, 11) is 0. The minimum Gasteiger partial charge on any atom is -0.463 e. The molecule has 57 heavy (non-hydrogen) atoms. The van der Waals surface area contributed by atoms with Crippen molar-refractivity contribution in [2.45, 2.75) is 92.7 Å². The molecule has 2 saturated heterocycles. The topological polar surface area (TPSA) is 138 Å². The Hall–Kier alpha value is -4.17. The minimum atomic E-state index is -0.918. The quantitative estimate of drug-likeness (QED) is 0.112. The number of hydrogen-bond acceptors (Lipinski definition) is 12. The molecule has 2 heterocycles. The van der Waals surface area contributed by atoms with E-state index in [1.807, 2.05) is 100 Å². The van der Waals surface area contributed by atoms with Crippen LogP contribution in [0.25, 0.3) is 0 Å². The molecule has 6 rings (SSSR count). The standard InChI is InChI=1S/C24H28O5S.C21H24O5S/c1-15-10-12-20(13-11-15)30-24-22(29-23(26)19-8-6-5-7-9-19)17(3)16(2)21(28-24)14-27-18(4)25;1-13-8-10-16(11-9-13)27-21-19(14(2)18(23)17(12-22)25-21)26-20(24)15-6-4-3-5-7-15/h5-13,16-17,21-22,24H,14H2,1-4H3;3-11,14,17-19,21-23H,12H2,1-2H3/t16-,17?,21?,22-,24+;14?,17?,18-,19-,21+/m00/s1. The first-order chi connectivity index (χ1) is 27.3. The lowest BCUT2D eigenvalue weighted by molar-refractivity contribution is -0.178. The first-order valence-electron chi connectivity index (χ1n) is 19.1. The lowest BCUT2D eigenvalue weighted by Crippen LogP contribution is -2.54. The number of benzene rings is 4. The third-order valence-corrected chi connectivity index (χ3v) is 12.5. The fourth-order valence-electron chi connectivity index (χ4n) is 6.46. The molecule has 4 unspecified atom stereocenters. The van der Waals surface area contributed by atoms with Gasteiger partial charge in [0.05, 0.1) is 29.9 Å². The molecule has 12 heteroatoms. The van der Waals surface area contributed by atoms with E-state index in [0.717, 1.165) is 15.4 Å². The maximum absolute atomic E-state index is 12.7. The van der Waals surface area contributed by atoms with Crippen molar-refractivity contribution in [3.05, 3.63) is 131 Å². The molecule has 4 aromatic rings. The van der Waals surface area contributed by atoms with E-state index in [1.165, 1.54) is 36.0 Å². The molecule has 0 amide bonds. The van der Waals surface area contributed by atoms with Gasteiger partial charge in [-0.25, -0.2) is 9.59 Å². The van der Waals surface area contributed by atoms with E-state index in [4.69, 9.17) is 23.7 Å². The summed E-state index contributed by atoms with van der Waals surface area (Å²) in [5, 5.41) is 20.0. The van der Waals surface area contributed by atoms with Gasteiger partial charge in [0.15, 0.2) is 0 Å². The highest BCUT2D eigenvalue weighted by molar-refractivity contribution is 8.00. The second kappa shape index (κ2) is 21.0. The average Bonchev–Trinajstić information content (AvgIpc) is 3.22. The molecular formula is C45H52O10S2. The van der Waals surface area contributed by atoms with E-state index in [1.54, 1.807) is 36.4 Å². The average molecular weight is 817 g/mol. The number of esters is 3. The third kappa shape index (κ3) is 12.2. The van der Waals surface area contributed by atoms with Gasteiger partial charge in [0, 0.05) is 28.6 Å². The Morgan fingerprint density at radius 1 is 0.614 bits per heavy atom. The van der Waals surface area contributed by atoms with Crippen LogP contribution in [0.1, 0.15) is 59.5 Å². The van der Waals surface area contributed by atoms with Crippen LogP contribution < -0.4 is 0 Å². The maximum atomic E-state index is 12.7. The lowest BCUT2D eigenvalue weighted by atomic mass is 9.84. The lowest BCUT2D eigenvalue weighted by Gasteiger charge is -2.43. The van der Waals surface area contributed by atoms with Gasteiger partial charge in [-0.15, -0.1) is 0 Å². The van der Waals surface area contributed by atoms with Gasteiger partial charge >= 0.3 is 17.9 Å². The van der Waals surface area contributed by atoms with Crippen LogP contribution in [-0.4, -0.2) is 82.7 Å². The highest BCUT2D eigenvalue weighted by Gasteiger charge is 2.46. The number of aryl methyl sites for hydroxylation is 2. The Kier molecular flexibility index (Phi) is 16.2. The predicted molar refractivity (Wildman–Crippen MR) is 220 cm³/mol. The minimum absolute atomic E-state index is 0.0231. The van der Waals surface area contributed by atoms with Crippen LogP contribution in [0.15, 0.2) is 119 Å². The fraction of sp³-hybridized carbons (Fsp3) is 0.400. The number of carbonyl (C=O) groups excluding carboxylic acids is 3. The molecule has 0 aromatic heterocycles. The predicted octanol–water partition coefficient (Wildman–Crippen LogP) is 7.90. The molecule has 2 aliphatic rings. The molecule has 0 saturated carbocycles. The Bertz CT molecular complexity index is 1880. The monoisotopic (exact) mass is 816 g/mol. The summed E-state index contributed by atoms with van der Waals surface area (Å²) >= 11 is 2.94. The Morgan fingerprint density at radius 2 is 1.04 bits per heavy atom. The second-order valence-electron chi connectivity index (χ2n) is 14.5. The van der Waals surface area contributed by atoms with E-state index in [2.05, 4.69) is 6.92 Å². The molecule has 10 atom stereocenters. The molecular weight excluding hydrogens is 765 g/mol. The van der Waals surface area contributed by atoms with Crippen molar-refractivity contribution in [1.29, 1.82) is 0 Å². The van der Waals surface area contributed by atoms with Gasteiger partial charge < -0.3 is 33.9 Å². The van der Waals surface area contributed by atoms with Gasteiger partial charge in [-0.05, 0) is 68.3 Å². The largest absolute Gasteiger partial charge is 0.463 e. The number of hydrogen-bond donors (Lipinski definition) is 2. The molecule has 0 spiro atoms. The molecule has 2 aliphatic heterocycles. The zero-order valence-corrected chi connectivity index (χ0v) is 34.7. The SMILES string of the molecule is CC(=O)OCC1O[C@H](Sc2ccc(C)cc2)[C@@H](OC(=O)c2ccccc2)C(C)[C@@H]1C.Cc1ccc(S[C@H]2OC(CO)[C@@H](O)C(C)[C@@H]2OC(=O)c2ccccc2)cc1. The number of aliphatic hydroxyl groups is 2. The Morgan fingerprint density at radius 3 is 1.46 bits per heavy atom. The van der Waals surface area contributed by atoms with Crippen LogP contribution in [0, 0.1) is 31.6 Å². The molecule has 2 N–H and O–H groups in total. The molecule has 2 fully saturated rings. The summed E-state index contributed by atoms with van der Waals surface area (Å²) < 4.78 is 29.1. The number of carbonyl (C=O) groups is 3. The van der Waals surface area contributed by atoms with Gasteiger partial charge in [-0.3, -0.25) is 4.79 Å². The molecule has 0 aliphatic carbocycles. The normalized spacial score (nSPS) is 26.9. The number of rotatable bonds is 11. The first-order valence-corrected chi connectivity index (χ1v) is 20.8. The second-order valence-corrected chi connectivity index (χ2v) is 16.8. The first kappa shape index (κ1) is 43.9. The van der Waals surface area contributed by atoms with Gasteiger partial charge in [0.2, 0.25) is 0 Å². The van der Waals surface area contributed by atoms with E-state index < -0.39 is 41.3 Å². The van der Waals surface area contributed by atoms with Crippen LogP contribution >= 0.6 is 23.5 Å². The molecule has 0 radical (unpaired) electrons. The fourth-order valence-corrected chi connectivity index (χ4v) is 8.86. The summed E-state index contributed by atoms with van der Waals surface area (Å²) in [6.45, 7) is 11.2. The van der Waals surface area contributed by atoms with Crippen LogP contribution in [0.3, 0.4) is 0 Å². The van der Waals surface area contributed by atoms with Crippen molar-refractivity contribution in [3.8, 4) is 0 Å². The Labute approximate surface area is 343 Å². The van der Waals surface area contributed by atoms with Gasteiger partial charge in [-0.1, -0.05) is 116 Å². The molecule has 0 bridgehead atoms. The molecule has 10 nitrogen and oxygen atoms in total. The van der Waals surface area contributed by atoms with Gasteiger partial charge in [0.1, 0.15) is 35.8 Å². The summed E-state index contributed by atoms with van der Waals surface area (Å²) in [5.41, 5.74) is 2.34. The van der Waals surface area contributed by atoms with Crippen LogP contribution in [0.5, 0.6) is 0 Å². The summed E-state index contributed by atoms with van der Waals surface area (Å²) in [6, 6.07) is 33.8. The van der Waals surface area contributed by atoms with E-state index >= 15 is 0 Å². The highest BCUT2D eigenvalue weighted by atomic mass is 32.2. The number of ether oxygens (including phenoxy) is 5. The molecule has 4 aromatic carbocycles. The summed E-state index contributed by atoms with van der Waals surface area (Å²) in [4.78, 5) is 38.6. The zero-order valence-electron chi connectivity index (χ0n) is 33.1. The maximum Gasteiger partial charge on any atom is 0.338 e. The van der Waals surface area contributed by atoms with Crippen LogP contribution in [-0.2, 0) is 28.5 Å². The highest BCUT2D eigenvalue weighted by Crippen LogP contribution is 2.41. The van der Waals surface area contributed by atoms with Crippen molar-refractivity contribution in [1.82, 2.24) is 0 Å². The van der Waals surface area contributed by atoms with E-state index in [-0.39, 0.29) is 49.0 Å². The van der Waals surface area contributed by atoms with Crippen molar-refractivity contribution in [2.75, 3.05) is 13.2 Å². The summed E-state index contributed by atoms with van der Waals surface area (Å²) in [6.07, 6.45) is -2.99. The molecule has 304 valence electrons. The van der Waals surface area contributed by atoms with Crippen molar-refractivity contribution in [3.63, 3.8) is 0 Å². The van der Waals surface area contributed by atoms with Crippen molar-refractivity contribution >= 4 is 41.4 Å². The third-order valence-electron chi connectivity index (χ3n) is 10.2. The van der Waals surface area contributed by atoms with Crippen LogP contribution in [0.2, 0.25) is 0 Å². The zero-order chi connectivity index (χ0) is 41.1. The van der Waals surface area contributed by atoms with Gasteiger partial charge in [-0.2, -0.15) is 0 Å². The number of aliphatic hydroxyl groups excluding tert-OH is 2. The van der Waals surface area contributed by atoms with Crippen molar-refractivity contribution < 1.29 is 48.3 Å². The summed E-state index contributed by atoms with van der Waals surface area (Å²) in [5.74, 6) is -1.47. The van der Waals surface area contributed by atoms with Crippen molar-refractivity contribution in [2.24, 2.45) is 17.8 Å². The van der Waals surface area contributed by atoms with E-state index in [0.29, 0.717) is 11.1 Å². The number of thioether (sulfide) groups is 2. The smallest absolute Gasteiger partial charge is 0.338 e. The van der Waals surface area contributed by atoms with E-state index in [9.17, 15) is 24.6 Å². The Balaban J connectivity index is 0.000000219. The van der Waals surface area contributed by atoms with Crippen LogP contribution in [0.4, 0.5) is 0 Å². The van der Waals surface area contributed by atoms with Gasteiger partial charge in [0.25, 0.3) is 0 Å².